The molecule has 1 unspecified atom stereocenters. The number of hydrogen-bond donors (Lipinski definition) is 0. The third-order valence-corrected chi connectivity index (χ3v) is 3.97. The second-order valence-electron chi connectivity index (χ2n) is 7.98. The number of rotatable bonds is 6. The van der Waals surface area contributed by atoms with Crippen molar-refractivity contribution in [2.45, 2.75) is 81.1 Å². The Morgan fingerprint density at radius 2 is 1.25 bits per heavy atom. The predicted molar refractivity (Wildman–Crippen MR) is 75.7 cm³/mol. The second kappa shape index (κ2) is 6.07. The number of hydrogen-bond acceptors (Lipinski definition) is 0. The van der Waals surface area contributed by atoms with Crippen LogP contribution < -0.4 is 0 Å². The Kier molecular flexibility index (Phi) is 6.07. The van der Waals surface area contributed by atoms with Gasteiger partial charge < -0.3 is 0 Å². The van der Waals surface area contributed by atoms with E-state index in [4.69, 9.17) is 0 Å². The molecule has 98 valence electrons. The Balaban J connectivity index is 3.96. The molecule has 0 heterocycles. The topological polar surface area (TPSA) is 0 Å². The molecule has 0 amide bonds. The van der Waals surface area contributed by atoms with E-state index in [-0.39, 0.29) is 0 Å². The molecule has 16 heavy (non-hydrogen) atoms. The lowest BCUT2D eigenvalue weighted by Crippen LogP contribution is -2.18. The minimum Gasteiger partial charge on any atom is -0.0625 e. The zero-order valence-corrected chi connectivity index (χ0v) is 13.0. The molecule has 0 aromatic carbocycles. The summed E-state index contributed by atoms with van der Waals surface area (Å²) < 4.78 is 0. The van der Waals surface area contributed by atoms with Gasteiger partial charge in [0.15, 0.2) is 0 Å². The molecule has 0 spiro atoms. The first-order valence-corrected chi connectivity index (χ1v) is 7.03. The summed E-state index contributed by atoms with van der Waals surface area (Å²) in [6, 6.07) is 0. The molecule has 0 N–H and O–H groups in total. The van der Waals surface area contributed by atoms with Crippen LogP contribution in [0.25, 0.3) is 0 Å². The smallest absolute Gasteiger partial charge is 0.0354 e. The molecule has 0 aliphatic carbocycles. The Labute approximate surface area is 104 Å². The van der Waals surface area contributed by atoms with Gasteiger partial charge in [-0.3, -0.25) is 0 Å². The Morgan fingerprint density at radius 3 is 1.62 bits per heavy atom. The van der Waals surface area contributed by atoms with Crippen molar-refractivity contribution in [3.8, 4) is 0 Å². The minimum absolute atomic E-state index is 0.487. The van der Waals surface area contributed by atoms with Crippen LogP contribution in [0.15, 0.2) is 0 Å². The van der Waals surface area contributed by atoms with Gasteiger partial charge >= 0.3 is 0 Å². The van der Waals surface area contributed by atoms with E-state index in [1.165, 1.54) is 25.7 Å². The average Bonchev–Trinajstić information content (AvgIpc) is 2.10. The highest BCUT2D eigenvalue weighted by Gasteiger charge is 2.22. The van der Waals surface area contributed by atoms with Crippen molar-refractivity contribution in [1.82, 2.24) is 0 Å². The molecule has 0 aromatic heterocycles. The zero-order chi connectivity index (χ0) is 13.0. The van der Waals surface area contributed by atoms with E-state index >= 15 is 0 Å². The van der Waals surface area contributed by atoms with Crippen molar-refractivity contribution < 1.29 is 0 Å². The lowest BCUT2D eigenvalue weighted by Gasteiger charge is -2.30. The monoisotopic (exact) mass is 226 g/mol. The van der Waals surface area contributed by atoms with Gasteiger partial charge in [0.2, 0.25) is 0 Å². The van der Waals surface area contributed by atoms with Gasteiger partial charge in [-0.25, -0.2) is 0 Å². The van der Waals surface area contributed by atoms with Crippen molar-refractivity contribution in [1.29, 1.82) is 0 Å². The third-order valence-electron chi connectivity index (χ3n) is 3.97. The average molecular weight is 226 g/mol. The van der Waals surface area contributed by atoms with Gasteiger partial charge in [-0.1, -0.05) is 55.4 Å². The van der Waals surface area contributed by atoms with E-state index in [2.05, 4.69) is 55.4 Å². The first kappa shape index (κ1) is 16.0. The van der Waals surface area contributed by atoms with Gasteiger partial charge in [0.1, 0.15) is 0 Å². The van der Waals surface area contributed by atoms with E-state index in [0.29, 0.717) is 10.8 Å². The summed E-state index contributed by atoms with van der Waals surface area (Å²) in [6.45, 7) is 19.0. The Morgan fingerprint density at radius 1 is 0.750 bits per heavy atom. The second-order valence-corrected chi connectivity index (χ2v) is 7.98. The van der Waals surface area contributed by atoms with Gasteiger partial charge in [-0.05, 0) is 48.3 Å². The fourth-order valence-corrected chi connectivity index (χ4v) is 1.79. The van der Waals surface area contributed by atoms with Gasteiger partial charge in [0, 0.05) is 0 Å². The summed E-state index contributed by atoms with van der Waals surface area (Å²) in [4.78, 5) is 0. The molecule has 0 aromatic rings. The highest BCUT2D eigenvalue weighted by molar-refractivity contribution is 4.74. The molecule has 0 heteroatoms. The normalized spacial score (nSPS) is 15.6. The highest BCUT2D eigenvalue weighted by Crippen LogP contribution is 2.35. The van der Waals surface area contributed by atoms with Crippen LogP contribution in [0.3, 0.4) is 0 Å². The lowest BCUT2D eigenvalue weighted by atomic mass is 9.75. The third kappa shape index (κ3) is 8.19. The van der Waals surface area contributed by atoms with Crippen LogP contribution in [-0.4, -0.2) is 0 Å². The highest BCUT2D eigenvalue weighted by atomic mass is 14.3. The molecule has 0 aliphatic heterocycles. The first-order valence-electron chi connectivity index (χ1n) is 7.03. The molecule has 0 nitrogen and oxygen atoms in total. The molecule has 0 fully saturated rings. The van der Waals surface area contributed by atoms with Crippen molar-refractivity contribution >= 4 is 0 Å². The summed E-state index contributed by atoms with van der Waals surface area (Å²) in [7, 11) is 0. The zero-order valence-electron chi connectivity index (χ0n) is 13.0. The van der Waals surface area contributed by atoms with Crippen molar-refractivity contribution in [2.75, 3.05) is 0 Å². The fourth-order valence-electron chi connectivity index (χ4n) is 1.79. The maximum Gasteiger partial charge on any atom is -0.0354 e. The van der Waals surface area contributed by atoms with E-state index < -0.39 is 0 Å². The van der Waals surface area contributed by atoms with Crippen molar-refractivity contribution in [3.63, 3.8) is 0 Å². The van der Waals surface area contributed by atoms with Gasteiger partial charge in [0.05, 0.1) is 0 Å². The minimum atomic E-state index is 0.487. The van der Waals surface area contributed by atoms with E-state index in [1.54, 1.807) is 0 Å². The summed E-state index contributed by atoms with van der Waals surface area (Å²) >= 11 is 0. The van der Waals surface area contributed by atoms with Crippen LogP contribution in [0.4, 0.5) is 0 Å². The van der Waals surface area contributed by atoms with Crippen LogP contribution in [0.5, 0.6) is 0 Å². The van der Waals surface area contributed by atoms with E-state index in [1.807, 2.05) is 0 Å². The largest absolute Gasteiger partial charge is 0.0625 e. The first-order chi connectivity index (χ1) is 7.03. The summed E-state index contributed by atoms with van der Waals surface area (Å²) in [5, 5.41) is 0. The fraction of sp³-hybridized carbons (Fsp3) is 1.00. The standard InChI is InChI=1S/C16H34/c1-13(2)14(3)9-10-16(7,8)12-11-15(4,5)6/h13-14H,9-12H2,1-8H3. The summed E-state index contributed by atoms with van der Waals surface area (Å²) in [5.41, 5.74) is 1.01. The van der Waals surface area contributed by atoms with Gasteiger partial charge in [-0.2, -0.15) is 0 Å². The molecule has 0 rings (SSSR count). The Hall–Kier alpha value is 0. The molecule has 0 saturated carbocycles. The maximum absolute atomic E-state index is 2.44. The van der Waals surface area contributed by atoms with Crippen LogP contribution in [-0.2, 0) is 0 Å². The molecular weight excluding hydrogens is 192 g/mol. The predicted octanol–water partition coefficient (Wildman–Crippen LogP) is 5.91. The van der Waals surface area contributed by atoms with Crippen molar-refractivity contribution in [2.24, 2.45) is 22.7 Å². The van der Waals surface area contributed by atoms with E-state index in [0.717, 1.165) is 11.8 Å². The summed E-state index contributed by atoms with van der Waals surface area (Å²) in [5.74, 6) is 1.70. The Bertz CT molecular complexity index is 181. The van der Waals surface area contributed by atoms with Crippen LogP contribution in [0.1, 0.15) is 81.1 Å². The SMILES string of the molecule is CC(C)C(C)CCC(C)(C)CCC(C)(C)C. The van der Waals surface area contributed by atoms with Gasteiger partial charge in [-0.15, -0.1) is 0 Å². The molecular formula is C16H34. The molecule has 0 saturated heterocycles. The van der Waals surface area contributed by atoms with Crippen LogP contribution in [0, 0.1) is 22.7 Å². The quantitative estimate of drug-likeness (QED) is 0.528. The summed E-state index contributed by atoms with van der Waals surface area (Å²) in [6.07, 6.45) is 5.47. The maximum atomic E-state index is 2.44. The lowest BCUT2D eigenvalue weighted by molar-refractivity contribution is 0.216. The van der Waals surface area contributed by atoms with Crippen LogP contribution in [0.2, 0.25) is 0 Å². The molecule has 0 radical (unpaired) electrons. The molecule has 0 bridgehead atoms. The van der Waals surface area contributed by atoms with Crippen molar-refractivity contribution in [3.05, 3.63) is 0 Å². The van der Waals surface area contributed by atoms with Crippen LogP contribution >= 0.6 is 0 Å². The molecule has 1 atom stereocenters. The van der Waals surface area contributed by atoms with E-state index in [9.17, 15) is 0 Å². The molecule has 0 aliphatic rings. The van der Waals surface area contributed by atoms with Gasteiger partial charge in [0.25, 0.3) is 0 Å².